The second-order valence-electron chi connectivity index (χ2n) is 2.77. The van der Waals surface area contributed by atoms with E-state index in [4.69, 9.17) is 9.05 Å². The molecule has 0 spiro atoms. The van der Waals surface area contributed by atoms with Crippen molar-refractivity contribution in [1.29, 1.82) is 0 Å². The third kappa shape index (κ3) is 3.31. The molecule has 1 heterocycles. The Hall–Kier alpha value is 0.0300. The lowest BCUT2D eigenvalue weighted by molar-refractivity contribution is -0.149. The highest BCUT2D eigenvalue weighted by Gasteiger charge is 2.43. The van der Waals surface area contributed by atoms with Gasteiger partial charge in [0, 0.05) is 0 Å². The molecule has 2 atom stereocenters. The summed E-state index contributed by atoms with van der Waals surface area (Å²) in [6, 6.07) is 0. The van der Waals surface area contributed by atoms with Crippen molar-refractivity contribution >= 4 is 8.60 Å². The van der Waals surface area contributed by atoms with Gasteiger partial charge in [-0.15, -0.1) is 0 Å². The van der Waals surface area contributed by atoms with Crippen LogP contribution in [0.15, 0.2) is 0 Å². The summed E-state index contributed by atoms with van der Waals surface area (Å²) in [5.74, 6) is -4.15. The van der Waals surface area contributed by atoms with Crippen molar-refractivity contribution < 1.29 is 31.1 Å². The van der Waals surface area contributed by atoms with Crippen LogP contribution in [0.3, 0.4) is 0 Å². The molecule has 0 N–H and O–H groups in total. The van der Waals surface area contributed by atoms with Gasteiger partial charge in [0.1, 0.15) is 6.61 Å². The molecule has 1 aliphatic heterocycles. The molecule has 1 rings (SSSR count). The Morgan fingerprint density at radius 3 is 2.64 bits per heavy atom. The third-order valence-electron chi connectivity index (χ3n) is 1.36. The molecule has 0 aromatic carbocycles. The molecule has 14 heavy (non-hydrogen) atoms. The zero-order valence-corrected chi connectivity index (χ0v) is 8.15. The summed E-state index contributed by atoms with van der Waals surface area (Å²) >= 11 is 0. The fraction of sp³-hybridized carbons (Fsp3) is 1.00. The third-order valence-corrected chi connectivity index (χ3v) is 2.59. The molecule has 8 heteroatoms. The predicted molar refractivity (Wildman–Crippen MR) is 40.3 cm³/mol. The first-order chi connectivity index (χ1) is 6.42. The van der Waals surface area contributed by atoms with Crippen molar-refractivity contribution in [2.75, 3.05) is 13.2 Å². The highest BCUT2D eigenvalue weighted by atomic mass is 31.2. The topological polar surface area (TPSA) is 27.7 Å². The molecule has 0 radical (unpaired) electrons. The zero-order valence-electron chi connectivity index (χ0n) is 7.25. The Bertz CT molecular complexity index is 192. The summed E-state index contributed by atoms with van der Waals surface area (Å²) in [5, 5.41) is 0. The molecular weight excluding hydrogens is 227 g/mol. The largest absolute Gasteiger partial charge is 0.333 e. The van der Waals surface area contributed by atoms with Crippen LogP contribution in [0.5, 0.6) is 0 Å². The second-order valence-corrected chi connectivity index (χ2v) is 3.94. The van der Waals surface area contributed by atoms with Gasteiger partial charge in [0.2, 0.25) is 0 Å². The van der Waals surface area contributed by atoms with Crippen molar-refractivity contribution in [3.63, 3.8) is 0 Å². The van der Waals surface area contributed by atoms with Gasteiger partial charge >= 0.3 is 21.0 Å². The van der Waals surface area contributed by atoms with Crippen LogP contribution in [0.1, 0.15) is 6.92 Å². The molecule has 2 unspecified atom stereocenters. The van der Waals surface area contributed by atoms with Gasteiger partial charge in [-0.05, 0) is 6.92 Å². The molecule has 0 bridgehead atoms. The highest BCUT2D eigenvalue weighted by molar-refractivity contribution is 7.42. The maximum Gasteiger partial charge on any atom is 0.333 e. The fourth-order valence-corrected chi connectivity index (χ4v) is 1.80. The summed E-state index contributed by atoms with van der Waals surface area (Å²) in [5.41, 5.74) is 0. The first-order valence-electron chi connectivity index (χ1n) is 3.80. The Morgan fingerprint density at radius 2 is 2.21 bits per heavy atom. The van der Waals surface area contributed by atoms with E-state index in [9.17, 15) is 17.6 Å². The van der Waals surface area contributed by atoms with Crippen molar-refractivity contribution in [3.8, 4) is 0 Å². The average molecular weight is 236 g/mol. The first kappa shape index (κ1) is 12.1. The number of rotatable bonds is 4. The average Bonchev–Trinajstić information content (AvgIpc) is 2.48. The van der Waals surface area contributed by atoms with Gasteiger partial charge in [0.25, 0.3) is 0 Å². The van der Waals surface area contributed by atoms with Crippen LogP contribution >= 0.6 is 8.60 Å². The molecular formula is C6H9F4O3P. The molecule has 0 saturated carbocycles. The summed E-state index contributed by atoms with van der Waals surface area (Å²) < 4.78 is 62.0. The van der Waals surface area contributed by atoms with Gasteiger partial charge in [-0.3, -0.25) is 0 Å². The number of halogens is 4. The quantitative estimate of drug-likeness (QED) is 0.554. The van der Waals surface area contributed by atoms with Crippen LogP contribution in [0, 0.1) is 0 Å². The molecule has 1 saturated heterocycles. The molecule has 84 valence electrons. The summed E-state index contributed by atoms with van der Waals surface area (Å²) in [6.07, 6.45) is -3.99. The smallest absolute Gasteiger partial charge is 0.310 e. The van der Waals surface area contributed by atoms with Crippen LogP contribution in [0.25, 0.3) is 0 Å². The van der Waals surface area contributed by atoms with Crippen LogP contribution in [0.4, 0.5) is 17.6 Å². The lowest BCUT2D eigenvalue weighted by atomic mass is 10.4. The minimum atomic E-state index is -4.15. The molecule has 0 aromatic heterocycles. The molecule has 3 nitrogen and oxygen atoms in total. The van der Waals surface area contributed by atoms with E-state index >= 15 is 0 Å². The summed E-state index contributed by atoms with van der Waals surface area (Å²) in [6.45, 7) is 0.506. The van der Waals surface area contributed by atoms with Crippen molar-refractivity contribution in [3.05, 3.63) is 0 Å². The van der Waals surface area contributed by atoms with E-state index in [1.165, 1.54) is 0 Å². The zero-order chi connectivity index (χ0) is 10.8. The molecule has 0 amide bonds. The predicted octanol–water partition coefficient (Wildman–Crippen LogP) is 2.57. The maximum atomic E-state index is 12.3. The lowest BCUT2D eigenvalue weighted by Crippen LogP contribution is -2.31. The molecule has 0 aromatic rings. The fourth-order valence-electron chi connectivity index (χ4n) is 0.643. The van der Waals surface area contributed by atoms with E-state index in [1.807, 2.05) is 0 Å². The highest BCUT2D eigenvalue weighted by Crippen LogP contribution is 2.47. The van der Waals surface area contributed by atoms with E-state index in [2.05, 4.69) is 4.52 Å². The number of hydrogen-bond acceptors (Lipinski definition) is 3. The van der Waals surface area contributed by atoms with Gasteiger partial charge < -0.3 is 13.6 Å². The van der Waals surface area contributed by atoms with Gasteiger partial charge in [0.15, 0.2) is 0 Å². The molecule has 0 aliphatic carbocycles. The number of alkyl halides is 4. The van der Waals surface area contributed by atoms with E-state index in [1.54, 1.807) is 6.92 Å². The van der Waals surface area contributed by atoms with Crippen LogP contribution in [0.2, 0.25) is 0 Å². The minimum Gasteiger partial charge on any atom is -0.310 e. The monoisotopic (exact) mass is 236 g/mol. The van der Waals surface area contributed by atoms with Gasteiger partial charge in [-0.1, -0.05) is 0 Å². The Labute approximate surface area is 79.3 Å². The van der Waals surface area contributed by atoms with E-state index in [-0.39, 0.29) is 12.7 Å². The van der Waals surface area contributed by atoms with Gasteiger partial charge in [0.05, 0.1) is 12.7 Å². The molecule has 1 aliphatic rings. The normalized spacial score (nSPS) is 28.7. The van der Waals surface area contributed by atoms with Gasteiger partial charge in [-0.2, -0.15) is 8.78 Å². The van der Waals surface area contributed by atoms with Crippen LogP contribution < -0.4 is 0 Å². The van der Waals surface area contributed by atoms with Gasteiger partial charge in [-0.25, -0.2) is 8.78 Å². The minimum absolute atomic E-state index is 0.228. The van der Waals surface area contributed by atoms with Crippen molar-refractivity contribution in [1.82, 2.24) is 0 Å². The summed E-state index contributed by atoms with van der Waals surface area (Å²) in [4.78, 5) is 0. The Balaban J connectivity index is 2.26. The standard InChI is InChI=1S/C6H9F4O3P/c1-4-2-11-14(13-4)12-3-6(9,10)5(7)8/h4-5H,2-3H2,1H3. The SMILES string of the molecule is CC1COP(OCC(F)(F)C(F)F)O1. The van der Waals surface area contributed by atoms with Crippen molar-refractivity contribution in [2.24, 2.45) is 0 Å². The van der Waals surface area contributed by atoms with E-state index < -0.39 is 27.6 Å². The van der Waals surface area contributed by atoms with E-state index in [0.29, 0.717) is 0 Å². The lowest BCUT2D eigenvalue weighted by Gasteiger charge is -2.16. The maximum absolute atomic E-state index is 12.3. The number of hydrogen-bond donors (Lipinski definition) is 0. The Morgan fingerprint density at radius 1 is 1.57 bits per heavy atom. The second kappa shape index (κ2) is 4.70. The van der Waals surface area contributed by atoms with Crippen molar-refractivity contribution in [2.45, 2.75) is 25.4 Å². The Kier molecular flexibility index (Phi) is 4.06. The summed E-state index contributed by atoms with van der Waals surface area (Å²) in [7, 11) is -1.89. The van der Waals surface area contributed by atoms with Crippen LogP contribution in [-0.4, -0.2) is 31.7 Å². The first-order valence-corrected chi connectivity index (χ1v) is 4.90. The van der Waals surface area contributed by atoms with E-state index in [0.717, 1.165) is 0 Å². The van der Waals surface area contributed by atoms with Crippen LogP contribution in [-0.2, 0) is 13.6 Å². The molecule has 1 fully saturated rings.